The lowest BCUT2D eigenvalue weighted by Gasteiger charge is -2.03. The molecule has 0 aliphatic heterocycles. The largest absolute Gasteiger partial charge is 0.360 e. The van der Waals surface area contributed by atoms with E-state index in [1.807, 2.05) is 12.1 Å². The minimum Gasteiger partial charge on any atom is -0.360 e. The van der Waals surface area contributed by atoms with E-state index in [1.165, 1.54) is 12.3 Å². The number of hydrogen-bond acceptors (Lipinski definition) is 5. The predicted octanol–water partition coefficient (Wildman–Crippen LogP) is 1.78. The maximum atomic E-state index is 10.9. The normalized spacial score (nSPS) is 9.10. The monoisotopic (exact) mass is 263 g/mol. The van der Waals surface area contributed by atoms with Crippen LogP contribution in [0, 0.1) is 22.7 Å². The van der Waals surface area contributed by atoms with Crippen LogP contribution in [0.1, 0.15) is 0 Å². The summed E-state index contributed by atoms with van der Waals surface area (Å²) in [5, 5.41) is 26.3. The quantitative estimate of drug-likeness (QED) is 0.821. The fourth-order valence-electron chi connectivity index (χ4n) is 1.49. The van der Waals surface area contributed by atoms with Crippen LogP contribution in [0.15, 0.2) is 53.0 Å². The molecule has 0 saturated heterocycles. The molecular formula is C14H9N5O. The SMILES string of the molecule is N#CC(C#N)=CNc1ccc(-c2ccc(=O)[nH]n2)cc1. The van der Waals surface area contributed by atoms with Gasteiger partial charge in [0.25, 0.3) is 5.56 Å². The lowest BCUT2D eigenvalue weighted by atomic mass is 10.1. The van der Waals surface area contributed by atoms with E-state index in [-0.39, 0.29) is 11.1 Å². The number of rotatable bonds is 3. The van der Waals surface area contributed by atoms with Gasteiger partial charge in [0, 0.05) is 23.5 Å². The molecule has 1 aromatic heterocycles. The molecule has 6 nitrogen and oxygen atoms in total. The third-order valence-electron chi connectivity index (χ3n) is 2.48. The van der Waals surface area contributed by atoms with Crippen molar-refractivity contribution in [3.8, 4) is 23.4 Å². The fourth-order valence-corrected chi connectivity index (χ4v) is 1.49. The van der Waals surface area contributed by atoms with Crippen molar-refractivity contribution in [3.05, 3.63) is 58.5 Å². The molecule has 0 fully saturated rings. The first-order valence-electron chi connectivity index (χ1n) is 5.66. The van der Waals surface area contributed by atoms with Crippen LogP contribution in [-0.4, -0.2) is 10.2 Å². The molecule has 1 heterocycles. The second kappa shape index (κ2) is 5.98. The molecule has 2 aromatic rings. The maximum Gasteiger partial charge on any atom is 0.264 e. The van der Waals surface area contributed by atoms with Gasteiger partial charge in [-0.3, -0.25) is 4.79 Å². The molecule has 0 saturated carbocycles. The number of H-pyrrole nitrogens is 1. The van der Waals surface area contributed by atoms with Crippen LogP contribution < -0.4 is 10.9 Å². The highest BCUT2D eigenvalue weighted by Gasteiger charge is 1.99. The molecule has 1 aromatic carbocycles. The van der Waals surface area contributed by atoms with Crippen molar-refractivity contribution in [2.24, 2.45) is 0 Å². The number of nitrogens with one attached hydrogen (secondary N) is 2. The number of hydrogen-bond donors (Lipinski definition) is 2. The highest BCUT2D eigenvalue weighted by molar-refractivity contribution is 5.62. The minimum atomic E-state index is -0.252. The van der Waals surface area contributed by atoms with Gasteiger partial charge in [0.05, 0.1) is 5.69 Å². The average molecular weight is 263 g/mol. The molecule has 2 rings (SSSR count). The number of benzene rings is 1. The summed E-state index contributed by atoms with van der Waals surface area (Å²) in [6.07, 6.45) is 1.34. The second-order valence-corrected chi connectivity index (χ2v) is 3.81. The lowest BCUT2D eigenvalue weighted by molar-refractivity contribution is 0.995. The summed E-state index contributed by atoms with van der Waals surface area (Å²) in [6.45, 7) is 0. The highest BCUT2D eigenvalue weighted by atomic mass is 16.1. The Hall–Kier alpha value is -3.38. The van der Waals surface area contributed by atoms with E-state index in [0.717, 1.165) is 11.3 Å². The summed E-state index contributed by atoms with van der Waals surface area (Å²) in [5.41, 5.74) is 1.98. The molecule has 0 unspecified atom stereocenters. The summed E-state index contributed by atoms with van der Waals surface area (Å²) < 4.78 is 0. The lowest BCUT2D eigenvalue weighted by Crippen LogP contribution is -2.05. The zero-order valence-corrected chi connectivity index (χ0v) is 10.3. The predicted molar refractivity (Wildman–Crippen MR) is 73.2 cm³/mol. The van der Waals surface area contributed by atoms with Gasteiger partial charge in [0.1, 0.15) is 17.7 Å². The third-order valence-corrected chi connectivity index (χ3v) is 2.48. The molecule has 0 spiro atoms. The van der Waals surface area contributed by atoms with Gasteiger partial charge < -0.3 is 5.32 Å². The number of nitriles is 2. The molecule has 0 radical (unpaired) electrons. The van der Waals surface area contributed by atoms with E-state index in [1.54, 1.807) is 30.3 Å². The molecule has 20 heavy (non-hydrogen) atoms. The van der Waals surface area contributed by atoms with Crippen LogP contribution in [0.4, 0.5) is 5.69 Å². The zero-order valence-electron chi connectivity index (χ0n) is 10.3. The van der Waals surface area contributed by atoms with Gasteiger partial charge in [-0.05, 0) is 18.2 Å². The van der Waals surface area contributed by atoms with E-state index in [0.29, 0.717) is 5.69 Å². The number of allylic oxidation sites excluding steroid dienone is 1. The first-order valence-corrected chi connectivity index (χ1v) is 5.66. The van der Waals surface area contributed by atoms with Gasteiger partial charge in [-0.25, -0.2) is 5.10 Å². The van der Waals surface area contributed by atoms with E-state index in [4.69, 9.17) is 10.5 Å². The van der Waals surface area contributed by atoms with Crippen molar-refractivity contribution in [3.63, 3.8) is 0 Å². The Balaban J connectivity index is 2.17. The first-order chi connectivity index (χ1) is 9.72. The summed E-state index contributed by atoms with van der Waals surface area (Å²) in [5.74, 6) is 0. The van der Waals surface area contributed by atoms with Gasteiger partial charge in [0.15, 0.2) is 0 Å². The van der Waals surface area contributed by atoms with E-state index >= 15 is 0 Å². The Morgan fingerprint density at radius 1 is 1.15 bits per heavy atom. The van der Waals surface area contributed by atoms with Crippen molar-refractivity contribution < 1.29 is 0 Å². The summed E-state index contributed by atoms with van der Waals surface area (Å²) in [7, 11) is 0. The average Bonchev–Trinajstić information content (AvgIpc) is 2.50. The fraction of sp³-hybridized carbons (Fsp3) is 0. The van der Waals surface area contributed by atoms with Crippen molar-refractivity contribution >= 4 is 5.69 Å². The van der Waals surface area contributed by atoms with Gasteiger partial charge in [-0.2, -0.15) is 15.6 Å². The highest BCUT2D eigenvalue weighted by Crippen LogP contribution is 2.18. The molecule has 6 heteroatoms. The van der Waals surface area contributed by atoms with Crippen LogP contribution in [0.3, 0.4) is 0 Å². The molecule has 0 amide bonds. The topological polar surface area (TPSA) is 105 Å². The summed E-state index contributed by atoms with van der Waals surface area (Å²) in [4.78, 5) is 10.9. The van der Waals surface area contributed by atoms with Gasteiger partial charge >= 0.3 is 0 Å². The van der Waals surface area contributed by atoms with Crippen molar-refractivity contribution in [1.29, 1.82) is 10.5 Å². The number of nitrogens with zero attached hydrogens (tertiary/aromatic N) is 3. The summed E-state index contributed by atoms with van der Waals surface area (Å²) in [6, 6.07) is 13.7. The van der Waals surface area contributed by atoms with E-state index < -0.39 is 0 Å². The second-order valence-electron chi connectivity index (χ2n) is 3.81. The van der Waals surface area contributed by atoms with Crippen LogP contribution in [0.2, 0.25) is 0 Å². The number of anilines is 1. The Bertz CT molecular complexity index is 738. The minimum absolute atomic E-state index is 0.00335. The van der Waals surface area contributed by atoms with Crippen LogP contribution in [0.5, 0.6) is 0 Å². The Morgan fingerprint density at radius 3 is 2.40 bits per heavy atom. The van der Waals surface area contributed by atoms with Gasteiger partial charge in [-0.1, -0.05) is 12.1 Å². The standard InChI is InChI=1S/C14H9N5O/c15-7-10(8-16)9-17-12-3-1-11(2-4-12)13-5-6-14(20)19-18-13/h1-6,9,17H,(H,19,20). The summed E-state index contributed by atoms with van der Waals surface area (Å²) >= 11 is 0. The van der Waals surface area contributed by atoms with E-state index in [2.05, 4.69) is 15.5 Å². The van der Waals surface area contributed by atoms with Crippen molar-refractivity contribution in [1.82, 2.24) is 10.2 Å². The van der Waals surface area contributed by atoms with Crippen LogP contribution in [0.25, 0.3) is 11.3 Å². The third kappa shape index (κ3) is 3.09. The number of aromatic amines is 1. The molecule has 0 atom stereocenters. The zero-order chi connectivity index (χ0) is 14.4. The van der Waals surface area contributed by atoms with Crippen molar-refractivity contribution in [2.45, 2.75) is 0 Å². The first kappa shape index (κ1) is 13.1. The molecule has 0 aliphatic rings. The molecule has 0 bridgehead atoms. The van der Waals surface area contributed by atoms with Crippen LogP contribution >= 0.6 is 0 Å². The molecule has 2 N–H and O–H groups in total. The molecule has 96 valence electrons. The van der Waals surface area contributed by atoms with E-state index in [9.17, 15) is 4.79 Å². The van der Waals surface area contributed by atoms with Crippen LogP contribution in [-0.2, 0) is 0 Å². The number of aromatic nitrogens is 2. The Kier molecular flexibility index (Phi) is 3.91. The molecular weight excluding hydrogens is 254 g/mol. The maximum absolute atomic E-state index is 10.9. The van der Waals surface area contributed by atoms with Crippen molar-refractivity contribution in [2.75, 3.05) is 5.32 Å². The molecule has 0 aliphatic carbocycles. The smallest absolute Gasteiger partial charge is 0.264 e. The van der Waals surface area contributed by atoms with Gasteiger partial charge in [0.2, 0.25) is 0 Å². The Morgan fingerprint density at radius 2 is 1.85 bits per heavy atom. The Labute approximate surface area is 114 Å². The van der Waals surface area contributed by atoms with Gasteiger partial charge in [-0.15, -0.1) is 0 Å².